The Balaban J connectivity index is 1.18. The Morgan fingerprint density at radius 1 is 0.970 bits per heavy atom. The van der Waals surface area contributed by atoms with Gasteiger partial charge in [0.1, 0.15) is 5.82 Å². The monoisotopic (exact) mass is 474 g/mol. The minimum Gasteiger partial charge on any atom is -0.339 e. The zero-order chi connectivity index (χ0) is 23.3. The van der Waals surface area contributed by atoms with Crippen molar-refractivity contribution >= 4 is 15.9 Å². The van der Waals surface area contributed by atoms with E-state index in [0.717, 1.165) is 24.2 Å². The van der Waals surface area contributed by atoms with Crippen molar-refractivity contribution in [3.63, 3.8) is 0 Å². The Hall–Kier alpha value is -2.33. The third-order valence-corrected chi connectivity index (χ3v) is 8.12. The predicted octanol–water partition coefficient (Wildman–Crippen LogP) is 1.66. The molecule has 178 valence electrons. The number of carbonyl (C=O) groups excluding carboxylic acids is 1. The molecule has 0 spiro atoms. The van der Waals surface area contributed by atoms with Crippen molar-refractivity contribution in [2.75, 3.05) is 45.8 Å². The summed E-state index contributed by atoms with van der Waals surface area (Å²) in [5, 5.41) is 3.25. The minimum absolute atomic E-state index is 0.000604. The van der Waals surface area contributed by atoms with Crippen molar-refractivity contribution < 1.29 is 17.6 Å². The quantitative estimate of drug-likeness (QED) is 0.630. The van der Waals surface area contributed by atoms with Crippen molar-refractivity contribution in [2.24, 2.45) is 0 Å². The molecule has 0 aromatic heterocycles. The molecule has 1 amide bonds. The van der Waals surface area contributed by atoms with Gasteiger partial charge in [0.25, 0.3) is 0 Å². The molecule has 2 aromatic rings. The molecule has 0 unspecified atom stereocenters. The molecule has 0 radical (unpaired) electrons. The molecule has 2 aliphatic rings. The van der Waals surface area contributed by atoms with Gasteiger partial charge in [-0.05, 0) is 29.7 Å². The van der Waals surface area contributed by atoms with Crippen LogP contribution in [0.3, 0.4) is 0 Å². The first-order valence-electron chi connectivity index (χ1n) is 11.4. The van der Waals surface area contributed by atoms with E-state index in [9.17, 15) is 17.6 Å². The topological polar surface area (TPSA) is 73.0 Å². The van der Waals surface area contributed by atoms with Gasteiger partial charge in [-0.15, -0.1) is 0 Å². The van der Waals surface area contributed by atoms with Crippen LogP contribution in [-0.4, -0.2) is 80.3 Å². The molecule has 2 fully saturated rings. The van der Waals surface area contributed by atoms with Gasteiger partial charge in [-0.3, -0.25) is 9.69 Å². The van der Waals surface area contributed by atoms with Crippen molar-refractivity contribution in [3.8, 4) is 0 Å². The molecule has 9 heteroatoms. The van der Waals surface area contributed by atoms with Crippen LogP contribution in [0.5, 0.6) is 0 Å². The number of halogens is 1. The van der Waals surface area contributed by atoms with Gasteiger partial charge in [-0.1, -0.05) is 42.5 Å². The predicted molar refractivity (Wildman–Crippen MR) is 125 cm³/mol. The Labute approximate surface area is 195 Å². The lowest BCUT2D eigenvalue weighted by Gasteiger charge is -2.35. The third kappa shape index (κ3) is 6.60. The summed E-state index contributed by atoms with van der Waals surface area (Å²) in [5.74, 6) is -0.198. The summed E-state index contributed by atoms with van der Waals surface area (Å²) in [5.41, 5.74) is 1.71. The fraction of sp³-hybridized carbons (Fsp3) is 0.458. The lowest BCUT2D eigenvalue weighted by atomic mass is 10.2. The molecule has 2 aromatic carbocycles. The van der Waals surface area contributed by atoms with E-state index in [1.807, 2.05) is 41.3 Å². The molecule has 33 heavy (non-hydrogen) atoms. The van der Waals surface area contributed by atoms with Crippen molar-refractivity contribution in [2.45, 2.75) is 24.8 Å². The Bertz CT molecular complexity index is 1040. The van der Waals surface area contributed by atoms with E-state index in [0.29, 0.717) is 39.1 Å². The summed E-state index contributed by atoms with van der Waals surface area (Å²) in [7, 11) is -3.37. The van der Waals surface area contributed by atoms with Gasteiger partial charge in [0.2, 0.25) is 15.9 Å². The van der Waals surface area contributed by atoms with Gasteiger partial charge in [-0.2, -0.15) is 0 Å². The van der Waals surface area contributed by atoms with E-state index in [4.69, 9.17) is 0 Å². The lowest BCUT2D eigenvalue weighted by molar-refractivity contribution is -0.132. The van der Waals surface area contributed by atoms with Crippen LogP contribution in [0.15, 0.2) is 54.6 Å². The highest BCUT2D eigenvalue weighted by atomic mass is 32.2. The summed E-state index contributed by atoms with van der Waals surface area (Å²) in [4.78, 5) is 16.7. The molecule has 0 aliphatic carbocycles. The number of nitrogens with zero attached hydrogens (tertiary/aromatic N) is 3. The van der Waals surface area contributed by atoms with Crippen molar-refractivity contribution in [1.29, 1.82) is 0 Å². The van der Waals surface area contributed by atoms with E-state index in [1.54, 1.807) is 12.1 Å². The number of benzene rings is 2. The molecule has 2 aliphatic heterocycles. The van der Waals surface area contributed by atoms with E-state index in [2.05, 4.69) is 10.2 Å². The Morgan fingerprint density at radius 2 is 1.70 bits per heavy atom. The molecule has 2 saturated heterocycles. The van der Waals surface area contributed by atoms with Crippen LogP contribution in [0.25, 0.3) is 0 Å². The van der Waals surface area contributed by atoms with Crippen molar-refractivity contribution in [3.05, 3.63) is 71.5 Å². The molecule has 0 saturated carbocycles. The third-order valence-electron chi connectivity index (χ3n) is 6.30. The first-order valence-corrected chi connectivity index (χ1v) is 13.0. The van der Waals surface area contributed by atoms with E-state index in [1.165, 1.54) is 10.4 Å². The highest BCUT2D eigenvalue weighted by Crippen LogP contribution is 2.18. The van der Waals surface area contributed by atoms with Crippen LogP contribution in [0.4, 0.5) is 4.39 Å². The maximum Gasteiger partial charge on any atom is 0.236 e. The molecule has 1 N–H and O–H groups in total. The van der Waals surface area contributed by atoms with E-state index in [-0.39, 0.29) is 30.1 Å². The van der Waals surface area contributed by atoms with Gasteiger partial charge < -0.3 is 10.2 Å². The first kappa shape index (κ1) is 23.8. The van der Waals surface area contributed by atoms with E-state index < -0.39 is 10.0 Å². The van der Waals surface area contributed by atoms with Crippen LogP contribution in [0, 0.1) is 5.82 Å². The number of sulfonamides is 1. The average molecular weight is 475 g/mol. The molecule has 4 rings (SSSR count). The maximum atomic E-state index is 13.4. The molecular formula is C24H31FN4O3S. The largest absolute Gasteiger partial charge is 0.339 e. The first-order chi connectivity index (χ1) is 15.9. The van der Waals surface area contributed by atoms with Crippen LogP contribution in [-0.2, 0) is 27.1 Å². The minimum atomic E-state index is -3.37. The highest BCUT2D eigenvalue weighted by Gasteiger charge is 2.32. The summed E-state index contributed by atoms with van der Waals surface area (Å²) in [6, 6.07) is 15.8. The fourth-order valence-electron chi connectivity index (χ4n) is 4.42. The van der Waals surface area contributed by atoms with Crippen molar-refractivity contribution in [1.82, 2.24) is 19.4 Å². The summed E-state index contributed by atoms with van der Waals surface area (Å²) in [6.07, 6.45) is 0.697. The number of hydrogen-bond donors (Lipinski definition) is 1. The summed E-state index contributed by atoms with van der Waals surface area (Å²) in [6.45, 7) is 4.52. The number of rotatable bonds is 8. The van der Waals surface area contributed by atoms with E-state index >= 15 is 0 Å². The maximum absolute atomic E-state index is 13.4. The second kappa shape index (κ2) is 10.7. The SMILES string of the molecule is O=C(CN[C@H]1CCN(S(=O)(=O)Cc2ccccc2)C1)N1CCN(Cc2cccc(F)c2)CC1. The lowest BCUT2D eigenvalue weighted by Crippen LogP contribution is -2.51. The Morgan fingerprint density at radius 3 is 2.42 bits per heavy atom. The van der Waals surface area contributed by atoms with Gasteiger partial charge >= 0.3 is 0 Å². The fourth-order valence-corrected chi connectivity index (χ4v) is 6.00. The average Bonchev–Trinajstić information content (AvgIpc) is 3.29. The van der Waals surface area contributed by atoms with Gasteiger partial charge in [-0.25, -0.2) is 17.1 Å². The number of hydrogen-bond acceptors (Lipinski definition) is 5. The zero-order valence-corrected chi connectivity index (χ0v) is 19.5. The smallest absolute Gasteiger partial charge is 0.236 e. The highest BCUT2D eigenvalue weighted by molar-refractivity contribution is 7.88. The molecule has 0 bridgehead atoms. The zero-order valence-electron chi connectivity index (χ0n) is 18.7. The molecule has 1 atom stereocenters. The van der Waals surface area contributed by atoms with Crippen LogP contribution >= 0.6 is 0 Å². The van der Waals surface area contributed by atoms with Gasteiger partial charge in [0, 0.05) is 51.9 Å². The normalized spacial score (nSPS) is 20.3. The van der Waals surface area contributed by atoms with Crippen LogP contribution < -0.4 is 5.32 Å². The summed E-state index contributed by atoms with van der Waals surface area (Å²) < 4.78 is 40.3. The number of piperazine rings is 1. The van der Waals surface area contributed by atoms with Gasteiger partial charge in [0.05, 0.1) is 12.3 Å². The molecule has 2 heterocycles. The number of carbonyl (C=O) groups is 1. The standard InChI is InChI=1S/C24H31FN4O3S/c25-22-8-4-7-21(15-22)17-27-11-13-28(14-12-27)24(30)16-26-23-9-10-29(18-23)33(31,32)19-20-5-2-1-3-6-20/h1-8,15,23,26H,9-14,16-19H2/t23-/m0/s1. The van der Waals surface area contributed by atoms with Gasteiger partial charge in [0.15, 0.2) is 0 Å². The van der Waals surface area contributed by atoms with Crippen LogP contribution in [0.2, 0.25) is 0 Å². The number of amides is 1. The number of nitrogens with one attached hydrogen (secondary N) is 1. The summed E-state index contributed by atoms with van der Waals surface area (Å²) >= 11 is 0. The second-order valence-corrected chi connectivity index (χ2v) is 10.7. The Kier molecular flexibility index (Phi) is 7.75. The second-order valence-electron chi connectivity index (χ2n) is 8.75. The van der Waals surface area contributed by atoms with Crippen LogP contribution in [0.1, 0.15) is 17.5 Å². The molecular weight excluding hydrogens is 443 g/mol. The molecule has 7 nitrogen and oxygen atoms in total.